The Kier molecular flexibility index (Phi) is 6.51. The molecule has 1 amide bonds. The van der Waals surface area contributed by atoms with Crippen LogP contribution in [-0.2, 0) is 0 Å². The molecule has 0 radical (unpaired) electrons. The number of carbonyl (C=O) groups excluding carboxylic acids is 1. The summed E-state index contributed by atoms with van der Waals surface area (Å²) in [6.07, 6.45) is 0. The molecule has 0 aromatic heterocycles. The molecule has 2 N–H and O–H groups in total. The molecule has 0 heterocycles. The summed E-state index contributed by atoms with van der Waals surface area (Å²) in [5, 5.41) is 25.3. The Balaban J connectivity index is 2.28. The second-order valence-corrected chi connectivity index (χ2v) is 7.26. The molecule has 0 bridgehead atoms. The number of rotatable bonds is 6. The smallest absolute Gasteiger partial charge is 0.275 e. The molecule has 7 nitrogen and oxygen atoms in total. The Morgan fingerprint density at radius 3 is 2.21 bits per heavy atom. The monoisotopic (exact) mass is 383 g/mol. The predicted octanol–water partition coefficient (Wildman–Crippen LogP) is 4.70. The lowest BCUT2D eigenvalue weighted by atomic mass is 9.92. The molecular weight excluding hydrogens is 358 g/mol. The minimum atomic E-state index is -0.511. The lowest BCUT2D eigenvalue weighted by Crippen LogP contribution is -2.20. The van der Waals surface area contributed by atoms with Crippen molar-refractivity contribution in [3.05, 3.63) is 68.8 Å². The van der Waals surface area contributed by atoms with Gasteiger partial charge in [0.15, 0.2) is 0 Å². The van der Waals surface area contributed by atoms with Crippen LogP contribution < -0.4 is 5.43 Å². The van der Waals surface area contributed by atoms with Crippen molar-refractivity contribution >= 4 is 17.3 Å². The first-order valence-corrected chi connectivity index (χ1v) is 9.08. The molecule has 0 unspecified atom stereocenters. The van der Waals surface area contributed by atoms with E-state index in [-0.39, 0.29) is 28.8 Å². The molecule has 2 aromatic carbocycles. The van der Waals surface area contributed by atoms with Gasteiger partial charge in [0, 0.05) is 12.1 Å². The van der Waals surface area contributed by atoms with E-state index in [4.69, 9.17) is 0 Å². The standard InChI is InChI=1S/C21H25N3O4/c1-12(2)16-10-18(13(3)4)20(25)19(11-16)21(26)23-22-14(5)15-6-8-17(9-7-15)24(27)28/h6-13,25H,1-5H3,(H,23,26). The van der Waals surface area contributed by atoms with Crippen molar-refractivity contribution in [2.24, 2.45) is 5.10 Å². The van der Waals surface area contributed by atoms with Gasteiger partial charge in [-0.3, -0.25) is 14.9 Å². The Bertz CT molecular complexity index is 916. The second kappa shape index (κ2) is 8.65. The van der Waals surface area contributed by atoms with E-state index < -0.39 is 10.8 Å². The number of nitrogens with zero attached hydrogens (tertiary/aromatic N) is 2. The lowest BCUT2D eigenvalue weighted by Gasteiger charge is -2.16. The van der Waals surface area contributed by atoms with Crippen molar-refractivity contribution in [3.63, 3.8) is 0 Å². The van der Waals surface area contributed by atoms with Gasteiger partial charge in [0.05, 0.1) is 16.2 Å². The number of hydrogen-bond donors (Lipinski definition) is 2. The summed E-state index contributed by atoms with van der Waals surface area (Å²) in [7, 11) is 0. The van der Waals surface area contributed by atoms with Crippen LogP contribution in [0.3, 0.4) is 0 Å². The number of benzene rings is 2. The minimum absolute atomic E-state index is 0.0165. The molecule has 0 saturated heterocycles. The van der Waals surface area contributed by atoms with E-state index in [2.05, 4.69) is 10.5 Å². The number of aromatic hydroxyl groups is 1. The molecule has 0 spiro atoms. The number of nitrogens with one attached hydrogen (secondary N) is 1. The summed E-state index contributed by atoms with van der Waals surface area (Å²) < 4.78 is 0. The van der Waals surface area contributed by atoms with Crippen LogP contribution in [0.15, 0.2) is 41.5 Å². The Morgan fingerprint density at radius 2 is 1.71 bits per heavy atom. The van der Waals surface area contributed by atoms with Crippen LogP contribution in [0.5, 0.6) is 5.75 Å². The molecule has 2 aromatic rings. The number of nitro groups is 1. The molecule has 0 aliphatic carbocycles. The highest BCUT2D eigenvalue weighted by Crippen LogP contribution is 2.33. The van der Waals surface area contributed by atoms with E-state index in [1.54, 1.807) is 25.1 Å². The zero-order valence-electron chi connectivity index (χ0n) is 16.7. The molecule has 2 rings (SSSR count). The fraction of sp³-hybridized carbons (Fsp3) is 0.333. The number of amides is 1. The number of non-ortho nitro benzene ring substituents is 1. The molecule has 0 saturated carbocycles. The number of hydrogen-bond acceptors (Lipinski definition) is 5. The largest absolute Gasteiger partial charge is 0.507 e. The topological polar surface area (TPSA) is 105 Å². The maximum absolute atomic E-state index is 12.6. The number of nitro benzene ring substituents is 1. The quantitative estimate of drug-likeness (QED) is 0.428. The van der Waals surface area contributed by atoms with E-state index in [0.29, 0.717) is 16.8 Å². The van der Waals surface area contributed by atoms with Crippen molar-refractivity contribution in [1.29, 1.82) is 0 Å². The summed E-state index contributed by atoms with van der Waals surface area (Å²) in [5.41, 5.74) is 5.44. The van der Waals surface area contributed by atoms with E-state index in [0.717, 1.165) is 5.56 Å². The van der Waals surface area contributed by atoms with Gasteiger partial charge < -0.3 is 5.11 Å². The van der Waals surface area contributed by atoms with Gasteiger partial charge in [0.25, 0.3) is 11.6 Å². The van der Waals surface area contributed by atoms with Gasteiger partial charge in [0.2, 0.25) is 0 Å². The van der Waals surface area contributed by atoms with E-state index in [1.165, 1.54) is 12.1 Å². The minimum Gasteiger partial charge on any atom is -0.507 e. The van der Waals surface area contributed by atoms with E-state index in [1.807, 2.05) is 33.8 Å². The highest BCUT2D eigenvalue weighted by molar-refractivity contribution is 6.02. The molecule has 28 heavy (non-hydrogen) atoms. The highest BCUT2D eigenvalue weighted by Gasteiger charge is 2.19. The second-order valence-electron chi connectivity index (χ2n) is 7.26. The summed E-state index contributed by atoms with van der Waals surface area (Å²) in [6, 6.07) is 9.49. The van der Waals surface area contributed by atoms with Crippen molar-refractivity contribution < 1.29 is 14.8 Å². The first-order chi connectivity index (χ1) is 13.1. The zero-order chi connectivity index (χ0) is 21.0. The predicted molar refractivity (Wildman–Crippen MR) is 109 cm³/mol. The van der Waals surface area contributed by atoms with E-state index in [9.17, 15) is 20.0 Å². The molecule has 0 aliphatic rings. The van der Waals surface area contributed by atoms with Gasteiger partial charge in [-0.25, -0.2) is 5.43 Å². The Hall–Kier alpha value is -3.22. The third-order valence-electron chi connectivity index (χ3n) is 4.52. The van der Waals surface area contributed by atoms with Crippen LogP contribution >= 0.6 is 0 Å². The van der Waals surface area contributed by atoms with Crippen LogP contribution in [0.25, 0.3) is 0 Å². The van der Waals surface area contributed by atoms with Crippen molar-refractivity contribution in [2.75, 3.05) is 0 Å². The molecule has 7 heteroatoms. The van der Waals surface area contributed by atoms with Crippen LogP contribution in [0.4, 0.5) is 5.69 Å². The van der Waals surface area contributed by atoms with Crippen LogP contribution in [0, 0.1) is 10.1 Å². The maximum Gasteiger partial charge on any atom is 0.275 e. The van der Waals surface area contributed by atoms with Crippen LogP contribution in [0.1, 0.15) is 73.5 Å². The normalized spacial score (nSPS) is 11.8. The van der Waals surface area contributed by atoms with Crippen molar-refractivity contribution in [2.45, 2.75) is 46.5 Å². The number of phenols is 1. The zero-order valence-corrected chi connectivity index (χ0v) is 16.7. The molecule has 0 atom stereocenters. The Labute approximate surface area is 164 Å². The summed E-state index contributed by atoms with van der Waals surface area (Å²) >= 11 is 0. The van der Waals surface area contributed by atoms with Crippen molar-refractivity contribution in [3.8, 4) is 5.75 Å². The summed E-state index contributed by atoms with van der Waals surface area (Å²) in [6.45, 7) is 9.64. The maximum atomic E-state index is 12.6. The number of hydrazone groups is 1. The van der Waals surface area contributed by atoms with Gasteiger partial charge in [-0.15, -0.1) is 0 Å². The molecule has 0 fully saturated rings. The van der Waals surface area contributed by atoms with Gasteiger partial charge in [0.1, 0.15) is 5.75 Å². The Morgan fingerprint density at radius 1 is 1.11 bits per heavy atom. The van der Waals surface area contributed by atoms with Gasteiger partial charge >= 0.3 is 0 Å². The fourth-order valence-corrected chi connectivity index (χ4v) is 2.71. The molecule has 0 aliphatic heterocycles. The van der Waals surface area contributed by atoms with Crippen molar-refractivity contribution in [1.82, 2.24) is 5.43 Å². The molecule has 148 valence electrons. The highest BCUT2D eigenvalue weighted by atomic mass is 16.6. The van der Waals surface area contributed by atoms with Crippen LogP contribution in [-0.4, -0.2) is 21.6 Å². The molecular formula is C21H25N3O4. The van der Waals surface area contributed by atoms with Gasteiger partial charge in [-0.1, -0.05) is 33.8 Å². The van der Waals surface area contributed by atoms with Gasteiger partial charge in [-0.05, 0) is 53.6 Å². The summed E-state index contributed by atoms with van der Waals surface area (Å²) in [4.78, 5) is 22.9. The van der Waals surface area contributed by atoms with Gasteiger partial charge in [-0.2, -0.15) is 5.10 Å². The average Bonchev–Trinajstić information content (AvgIpc) is 2.65. The average molecular weight is 383 g/mol. The number of phenolic OH excluding ortho intramolecular Hbond substituents is 1. The lowest BCUT2D eigenvalue weighted by molar-refractivity contribution is -0.384. The summed E-state index contributed by atoms with van der Waals surface area (Å²) in [5.74, 6) is -0.283. The SMILES string of the molecule is CC(=NNC(=O)c1cc(C(C)C)cc(C(C)C)c1O)c1ccc([N+](=O)[O-])cc1. The fourth-order valence-electron chi connectivity index (χ4n) is 2.71. The third kappa shape index (κ3) is 4.73. The third-order valence-corrected chi connectivity index (χ3v) is 4.52. The first-order valence-electron chi connectivity index (χ1n) is 9.08. The first kappa shape index (κ1) is 21.1. The van der Waals surface area contributed by atoms with Crippen LogP contribution in [0.2, 0.25) is 0 Å². The number of carbonyl (C=O) groups is 1. The van der Waals surface area contributed by atoms with E-state index >= 15 is 0 Å².